The highest BCUT2D eigenvalue weighted by Crippen LogP contribution is 2.15. The van der Waals surface area contributed by atoms with Gasteiger partial charge in [-0.05, 0) is 52.3 Å². The van der Waals surface area contributed by atoms with Gasteiger partial charge in [-0.1, -0.05) is 12.1 Å². The fourth-order valence-corrected chi connectivity index (χ4v) is 2.16. The normalized spacial score (nSPS) is 11.0. The molecule has 0 saturated heterocycles. The highest BCUT2D eigenvalue weighted by molar-refractivity contribution is 5.89. The van der Waals surface area contributed by atoms with Crippen molar-refractivity contribution >= 4 is 17.8 Å². The van der Waals surface area contributed by atoms with Crippen molar-refractivity contribution in [3.05, 3.63) is 29.8 Å². The minimum atomic E-state index is -0.534. The first kappa shape index (κ1) is 21.8. The summed E-state index contributed by atoms with van der Waals surface area (Å²) >= 11 is 0. The molecule has 0 aliphatic carbocycles. The number of hydrogen-bond donors (Lipinski definition) is 2. The number of carbonyl (C=O) groups is 2. The molecule has 0 radical (unpaired) electrons. The zero-order chi connectivity index (χ0) is 19.6. The predicted octanol–water partition coefficient (Wildman–Crippen LogP) is 3.60. The maximum atomic E-state index is 12.2. The van der Waals surface area contributed by atoms with E-state index in [1.54, 1.807) is 11.0 Å². The van der Waals surface area contributed by atoms with Gasteiger partial charge in [0.15, 0.2) is 0 Å². The minimum absolute atomic E-state index is 0.290. The van der Waals surface area contributed by atoms with Crippen LogP contribution in [0.15, 0.2) is 24.3 Å². The maximum absolute atomic E-state index is 12.2. The zero-order valence-electron chi connectivity index (χ0n) is 16.4. The second-order valence-corrected chi connectivity index (χ2v) is 6.77. The van der Waals surface area contributed by atoms with Crippen molar-refractivity contribution in [1.82, 2.24) is 10.2 Å². The molecule has 0 atom stereocenters. The number of amides is 3. The lowest BCUT2D eigenvalue weighted by Gasteiger charge is -2.26. The highest BCUT2D eigenvalue weighted by Gasteiger charge is 2.21. The average Bonchev–Trinajstić information content (AvgIpc) is 2.55. The lowest BCUT2D eigenvalue weighted by Crippen LogP contribution is -2.36. The SMILES string of the molecule is CCOCCNC(=O)Nc1cccc(CN(CC)C(=O)OC(C)(C)C)c1. The average molecular weight is 365 g/mol. The Labute approximate surface area is 156 Å². The van der Waals surface area contributed by atoms with E-state index in [4.69, 9.17) is 9.47 Å². The molecule has 1 aromatic carbocycles. The molecule has 0 saturated carbocycles. The van der Waals surface area contributed by atoms with E-state index >= 15 is 0 Å². The first-order valence-electron chi connectivity index (χ1n) is 8.94. The van der Waals surface area contributed by atoms with Crippen molar-refractivity contribution < 1.29 is 19.1 Å². The van der Waals surface area contributed by atoms with Crippen LogP contribution in [0.5, 0.6) is 0 Å². The Hall–Kier alpha value is -2.28. The summed E-state index contributed by atoms with van der Waals surface area (Å²) < 4.78 is 10.6. The van der Waals surface area contributed by atoms with Crippen molar-refractivity contribution in [3.63, 3.8) is 0 Å². The van der Waals surface area contributed by atoms with Crippen LogP contribution in [0.3, 0.4) is 0 Å². The van der Waals surface area contributed by atoms with Crippen molar-refractivity contribution in [2.75, 3.05) is 31.6 Å². The molecule has 0 fully saturated rings. The van der Waals surface area contributed by atoms with Gasteiger partial charge < -0.3 is 25.0 Å². The van der Waals surface area contributed by atoms with Gasteiger partial charge in [-0.15, -0.1) is 0 Å². The molecular formula is C19H31N3O4. The Morgan fingerprint density at radius 2 is 1.92 bits per heavy atom. The number of anilines is 1. The third-order valence-corrected chi connectivity index (χ3v) is 3.33. The van der Waals surface area contributed by atoms with Gasteiger partial charge in [0, 0.05) is 31.9 Å². The molecule has 0 aromatic heterocycles. The molecule has 3 amide bonds. The first-order chi connectivity index (χ1) is 12.2. The molecule has 146 valence electrons. The number of hydrogen-bond acceptors (Lipinski definition) is 4. The van der Waals surface area contributed by atoms with Gasteiger partial charge in [0.25, 0.3) is 0 Å². The molecule has 1 rings (SSSR count). The molecule has 0 spiro atoms. The number of ether oxygens (including phenoxy) is 2. The molecule has 1 aromatic rings. The summed E-state index contributed by atoms with van der Waals surface area (Å²) in [5.74, 6) is 0. The monoisotopic (exact) mass is 365 g/mol. The summed E-state index contributed by atoms with van der Waals surface area (Å²) in [6.45, 7) is 11.8. The molecule has 2 N–H and O–H groups in total. The van der Waals surface area contributed by atoms with E-state index in [9.17, 15) is 9.59 Å². The van der Waals surface area contributed by atoms with Crippen LogP contribution in [0.2, 0.25) is 0 Å². The number of carbonyl (C=O) groups excluding carboxylic acids is 2. The smallest absolute Gasteiger partial charge is 0.410 e. The Kier molecular flexibility index (Phi) is 8.92. The van der Waals surface area contributed by atoms with E-state index in [0.717, 1.165) is 5.56 Å². The maximum Gasteiger partial charge on any atom is 0.410 e. The summed E-state index contributed by atoms with van der Waals surface area (Å²) in [5, 5.41) is 5.50. The third kappa shape index (κ3) is 8.71. The van der Waals surface area contributed by atoms with Crippen LogP contribution in [0.25, 0.3) is 0 Å². The molecular weight excluding hydrogens is 334 g/mol. The van der Waals surface area contributed by atoms with Crippen molar-refractivity contribution in [2.24, 2.45) is 0 Å². The fraction of sp³-hybridized carbons (Fsp3) is 0.579. The van der Waals surface area contributed by atoms with Gasteiger partial charge in [-0.2, -0.15) is 0 Å². The van der Waals surface area contributed by atoms with E-state index in [2.05, 4.69) is 10.6 Å². The molecule has 0 aliphatic heterocycles. The first-order valence-corrected chi connectivity index (χ1v) is 8.94. The van der Waals surface area contributed by atoms with E-state index in [1.165, 1.54) is 0 Å². The van der Waals surface area contributed by atoms with Crippen molar-refractivity contribution in [2.45, 2.75) is 46.8 Å². The van der Waals surface area contributed by atoms with Crippen LogP contribution >= 0.6 is 0 Å². The van der Waals surface area contributed by atoms with Gasteiger partial charge in [0.1, 0.15) is 5.60 Å². The summed E-state index contributed by atoms with van der Waals surface area (Å²) in [6.07, 6.45) is -0.355. The Balaban J connectivity index is 2.62. The van der Waals surface area contributed by atoms with Crippen LogP contribution in [-0.2, 0) is 16.0 Å². The number of nitrogens with zero attached hydrogens (tertiary/aromatic N) is 1. The molecule has 0 aliphatic rings. The molecule has 7 heteroatoms. The van der Waals surface area contributed by atoms with Crippen LogP contribution in [-0.4, -0.2) is 48.9 Å². The highest BCUT2D eigenvalue weighted by atomic mass is 16.6. The van der Waals surface area contributed by atoms with E-state index in [1.807, 2.05) is 52.8 Å². The van der Waals surface area contributed by atoms with Crippen LogP contribution in [0.1, 0.15) is 40.2 Å². The van der Waals surface area contributed by atoms with Crippen LogP contribution in [0, 0.1) is 0 Å². The Morgan fingerprint density at radius 1 is 1.19 bits per heavy atom. The van der Waals surface area contributed by atoms with E-state index in [0.29, 0.717) is 38.5 Å². The van der Waals surface area contributed by atoms with E-state index < -0.39 is 5.60 Å². The van der Waals surface area contributed by atoms with Gasteiger partial charge in [0.05, 0.1) is 6.61 Å². The van der Waals surface area contributed by atoms with Gasteiger partial charge in [-0.3, -0.25) is 0 Å². The number of nitrogens with one attached hydrogen (secondary N) is 2. The standard InChI is InChI=1S/C19H31N3O4/c1-6-22(18(24)26-19(3,4)5)14-15-9-8-10-16(13-15)21-17(23)20-11-12-25-7-2/h8-10,13H,6-7,11-12,14H2,1-5H3,(H2,20,21,23). The van der Waals surface area contributed by atoms with E-state index in [-0.39, 0.29) is 12.1 Å². The van der Waals surface area contributed by atoms with Gasteiger partial charge >= 0.3 is 12.1 Å². The minimum Gasteiger partial charge on any atom is -0.444 e. The second-order valence-electron chi connectivity index (χ2n) is 6.77. The summed E-state index contributed by atoms with van der Waals surface area (Å²) in [4.78, 5) is 25.7. The van der Waals surface area contributed by atoms with Gasteiger partial charge in [-0.25, -0.2) is 9.59 Å². The zero-order valence-corrected chi connectivity index (χ0v) is 16.4. The summed E-state index contributed by atoms with van der Waals surface area (Å²) in [7, 11) is 0. The quantitative estimate of drug-likeness (QED) is 0.690. The van der Waals surface area contributed by atoms with Crippen LogP contribution < -0.4 is 10.6 Å². The fourth-order valence-electron chi connectivity index (χ4n) is 2.16. The molecule has 0 unspecified atom stereocenters. The summed E-state index contributed by atoms with van der Waals surface area (Å²) in [6, 6.07) is 7.10. The van der Waals surface area contributed by atoms with Crippen molar-refractivity contribution in [1.29, 1.82) is 0 Å². The largest absolute Gasteiger partial charge is 0.444 e. The lowest BCUT2D eigenvalue weighted by atomic mass is 10.2. The van der Waals surface area contributed by atoms with Gasteiger partial charge in [0.2, 0.25) is 0 Å². The molecule has 0 bridgehead atoms. The second kappa shape index (κ2) is 10.7. The van der Waals surface area contributed by atoms with Crippen LogP contribution in [0.4, 0.5) is 15.3 Å². The Bertz CT molecular complexity index is 584. The third-order valence-electron chi connectivity index (χ3n) is 3.33. The predicted molar refractivity (Wildman–Crippen MR) is 102 cm³/mol. The lowest BCUT2D eigenvalue weighted by molar-refractivity contribution is 0.0244. The number of benzene rings is 1. The topological polar surface area (TPSA) is 79.9 Å². The summed E-state index contributed by atoms with van der Waals surface area (Å²) in [5.41, 5.74) is 1.04. The Morgan fingerprint density at radius 3 is 2.54 bits per heavy atom. The number of rotatable bonds is 8. The molecule has 0 heterocycles. The molecule has 7 nitrogen and oxygen atoms in total. The molecule has 26 heavy (non-hydrogen) atoms. The number of urea groups is 1. The van der Waals surface area contributed by atoms with Crippen molar-refractivity contribution in [3.8, 4) is 0 Å².